The molecule has 1 heterocycles. The lowest BCUT2D eigenvalue weighted by Crippen LogP contribution is -2.42. The number of rotatable bonds is 5. The van der Waals surface area contributed by atoms with Crippen molar-refractivity contribution in [1.82, 2.24) is 16.0 Å². The number of nitrogens with one attached hydrogen (secondary N) is 3. The van der Waals surface area contributed by atoms with E-state index in [4.69, 9.17) is 5.11 Å². The highest BCUT2D eigenvalue weighted by atomic mass is 16.4. The number of carbonyl (C=O) groups is 3. The Morgan fingerprint density at radius 3 is 2.81 bits per heavy atom. The summed E-state index contributed by atoms with van der Waals surface area (Å²) in [5.41, 5.74) is 0.891. The first kappa shape index (κ1) is 14.8. The van der Waals surface area contributed by atoms with Crippen LogP contribution in [0.3, 0.4) is 0 Å². The lowest BCUT2D eigenvalue weighted by Gasteiger charge is -2.12. The van der Waals surface area contributed by atoms with Crippen molar-refractivity contribution in [3.63, 3.8) is 0 Å². The van der Waals surface area contributed by atoms with Gasteiger partial charge in [0, 0.05) is 25.6 Å². The van der Waals surface area contributed by atoms with E-state index < -0.39 is 5.97 Å². The molecule has 1 aliphatic heterocycles. The topological polar surface area (TPSA) is 108 Å². The zero-order chi connectivity index (χ0) is 15.2. The van der Waals surface area contributed by atoms with Crippen LogP contribution in [0.25, 0.3) is 0 Å². The van der Waals surface area contributed by atoms with Crippen LogP contribution in [-0.4, -0.2) is 35.6 Å². The van der Waals surface area contributed by atoms with E-state index in [9.17, 15) is 14.4 Å². The van der Waals surface area contributed by atoms with Crippen molar-refractivity contribution < 1.29 is 19.5 Å². The molecule has 1 aromatic rings. The van der Waals surface area contributed by atoms with E-state index in [0.29, 0.717) is 18.5 Å². The molecule has 0 spiro atoms. The molecule has 0 aromatic heterocycles. The van der Waals surface area contributed by atoms with E-state index in [2.05, 4.69) is 16.0 Å². The molecule has 3 amide bonds. The lowest BCUT2D eigenvalue weighted by molar-refractivity contribution is -0.119. The molecular formula is C14H17N3O4. The first-order chi connectivity index (χ1) is 10.0. The van der Waals surface area contributed by atoms with Gasteiger partial charge in [-0.2, -0.15) is 0 Å². The normalized spacial score (nSPS) is 17.1. The summed E-state index contributed by atoms with van der Waals surface area (Å²) in [5.74, 6) is -0.994. The second kappa shape index (κ2) is 6.74. The summed E-state index contributed by atoms with van der Waals surface area (Å²) in [6, 6.07) is 6.01. The van der Waals surface area contributed by atoms with Gasteiger partial charge in [0.1, 0.15) is 0 Å². The average Bonchev–Trinajstić information content (AvgIpc) is 2.89. The molecule has 2 rings (SSSR count). The van der Waals surface area contributed by atoms with Gasteiger partial charge >= 0.3 is 12.0 Å². The van der Waals surface area contributed by atoms with Crippen LogP contribution in [0.1, 0.15) is 28.8 Å². The standard InChI is InChI=1S/C14H17N3O4/c18-12-5-4-11(17-12)8-16-14(21)15-7-9-2-1-3-10(6-9)13(19)20/h1-3,6,11H,4-5,7-8H2,(H,17,18)(H,19,20)(H2,15,16,21). The fraction of sp³-hybridized carbons (Fsp3) is 0.357. The minimum absolute atomic E-state index is 0.00712. The number of carboxylic acids is 1. The van der Waals surface area contributed by atoms with Gasteiger partial charge in [-0.05, 0) is 24.1 Å². The lowest BCUT2D eigenvalue weighted by atomic mass is 10.1. The van der Waals surface area contributed by atoms with Gasteiger partial charge in [-0.15, -0.1) is 0 Å². The Bertz CT molecular complexity index is 559. The van der Waals surface area contributed by atoms with Crippen molar-refractivity contribution in [2.45, 2.75) is 25.4 Å². The number of hydrogen-bond acceptors (Lipinski definition) is 3. The van der Waals surface area contributed by atoms with Gasteiger partial charge in [-0.25, -0.2) is 9.59 Å². The van der Waals surface area contributed by atoms with E-state index in [-0.39, 0.29) is 30.1 Å². The maximum absolute atomic E-state index is 11.6. The van der Waals surface area contributed by atoms with E-state index in [1.165, 1.54) is 12.1 Å². The van der Waals surface area contributed by atoms with Gasteiger partial charge in [0.15, 0.2) is 0 Å². The van der Waals surface area contributed by atoms with Crippen LogP contribution in [0.5, 0.6) is 0 Å². The molecule has 21 heavy (non-hydrogen) atoms. The van der Waals surface area contributed by atoms with E-state index >= 15 is 0 Å². The van der Waals surface area contributed by atoms with Crippen molar-refractivity contribution in [2.24, 2.45) is 0 Å². The predicted octanol–water partition coefficient (Wildman–Crippen LogP) is 0.463. The third-order valence-electron chi connectivity index (χ3n) is 3.22. The summed E-state index contributed by atoms with van der Waals surface area (Å²) in [6.45, 7) is 0.622. The molecule has 0 radical (unpaired) electrons. The van der Waals surface area contributed by atoms with Crippen LogP contribution < -0.4 is 16.0 Å². The van der Waals surface area contributed by atoms with E-state index in [0.717, 1.165) is 6.42 Å². The molecule has 1 aromatic carbocycles. The molecular weight excluding hydrogens is 274 g/mol. The first-order valence-electron chi connectivity index (χ1n) is 6.68. The molecule has 7 heteroatoms. The molecule has 1 unspecified atom stereocenters. The highest BCUT2D eigenvalue weighted by Crippen LogP contribution is 2.06. The minimum Gasteiger partial charge on any atom is -0.478 e. The first-order valence-corrected chi connectivity index (χ1v) is 6.68. The molecule has 0 aliphatic carbocycles. The molecule has 1 atom stereocenters. The Hall–Kier alpha value is -2.57. The number of hydrogen-bond donors (Lipinski definition) is 4. The van der Waals surface area contributed by atoms with Crippen molar-refractivity contribution in [2.75, 3.05) is 6.54 Å². The second-order valence-electron chi connectivity index (χ2n) is 4.87. The highest BCUT2D eigenvalue weighted by Gasteiger charge is 2.20. The quantitative estimate of drug-likeness (QED) is 0.632. The number of carbonyl (C=O) groups excluding carboxylic acids is 2. The second-order valence-corrected chi connectivity index (χ2v) is 4.87. The summed E-state index contributed by atoms with van der Waals surface area (Å²) in [5, 5.41) is 17.0. The van der Waals surface area contributed by atoms with Crippen LogP contribution in [0, 0.1) is 0 Å². The van der Waals surface area contributed by atoms with Crippen LogP contribution in [-0.2, 0) is 11.3 Å². The molecule has 1 fully saturated rings. The van der Waals surface area contributed by atoms with Crippen molar-refractivity contribution in [3.05, 3.63) is 35.4 Å². The summed E-state index contributed by atoms with van der Waals surface area (Å²) < 4.78 is 0. The SMILES string of the molecule is O=C1CCC(CNC(=O)NCc2cccc(C(=O)O)c2)N1. The molecule has 1 aliphatic rings. The maximum Gasteiger partial charge on any atom is 0.335 e. The zero-order valence-electron chi connectivity index (χ0n) is 11.4. The molecule has 0 saturated carbocycles. The summed E-state index contributed by atoms with van der Waals surface area (Å²) in [4.78, 5) is 33.5. The van der Waals surface area contributed by atoms with Gasteiger partial charge in [0.05, 0.1) is 5.56 Å². The van der Waals surface area contributed by atoms with Crippen LogP contribution >= 0.6 is 0 Å². The predicted molar refractivity (Wildman–Crippen MR) is 74.8 cm³/mol. The fourth-order valence-electron chi connectivity index (χ4n) is 2.11. The number of amides is 3. The number of urea groups is 1. The monoisotopic (exact) mass is 291 g/mol. The van der Waals surface area contributed by atoms with Gasteiger partial charge < -0.3 is 21.1 Å². The Morgan fingerprint density at radius 2 is 2.14 bits per heavy atom. The number of benzene rings is 1. The van der Waals surface area contributed by atoms with Crippen molar-refractivity contribution in [1.29, 1.82) is 0 Å². The zero-order valence-corrected chi connectivity index (χ0v) is 11.4. The van der Waals surface area contributed by atoms with Gasteiger partial charge in [0.2, 0.25) is 5.91 Å². The Morgan fingerprint density at radius 1 is 1.33 bits per heavy atom. The largest absolute Gasteiger partial charge is 0.478 e. The van der Waals surface area contributed by atoms with Gasteiger partial charge in [-0.1, -0.05) is 12.1 Å². The van der Waals surface area contributed by atoms with Crippen LogP contribution in [0.2, 0.25) is 0 Å². The highest BCUT2D eigenvalue weighted by molar-refractivity contribution is 5.87. The van der Waals surface area contributed by atoms with Gasteiger partial charge in [0.25, 0.3) is 0 Å². The minimum atomic E-state index is -1.00. The fourth-order valence-corrected chi connectivity index (χ4v) is 2.11. The van der Waals surface area contributed by atoms with Gasteiger partial charge in [-0.3, -0.25) is 4.79 Å². The summed E-state index contributed by atoms with van der Waals surface area (Å²) in [6.07, 6.45) is 1.22. The van der Waals surface area contributed by atoms with E-state index in [1.54, 1.807) is 12.1 Å². The third kappa shape index (κ3) is 4.48. The molecule has 1 saturated heterocycles. The van der Waals surface area contributed by atoms with E-state index in [1.807, 2.05) is 0 Å². The number of aromatic carboxylic acids is 1. The molecule has 7 nitrogen and oxygen atoms in total. The number of carboxylic acid groups (broad SMARTS) is 1. The van der Waals surface area contributed by atoms with Crippen molar-refractivity contribution >= 4 is 17.9 Å². The smallest absolute Gasteiger partial charge is 0.335 e. The molecule has 0 bridgehead atoms. The Kier molecular flexibility index (Phi) is 4.76. The van der Waals surface area contributed by atoms with Crippen LogP contribution in [0.15, 0.2) is 24.3 Å². The molecule has 4 N–H and O–H groups in total. The average molecular weight is 291 g/mol. The Labute approximate surface area is 121 Å². The maximum atomic E-state index is 11.6. The summed E-state index contributed by atoms with van der Waals surface area (Å²) in [7, 11) is 0. The van der Waals surface area contributed by atoms with Crippen molar-refractivity contribution in [3.8, 4) is 0 Å². The molecule has 112 valence electrons. The van der Waals surface area contributed by atoms with Crippen LogP contribution in [0.4, 0.5) is 4.79 Å². The summed E-state index contributed by atoms with van der Waals surface area (Å²) >= 11 is 0. The third-order valence-corrected chi connectivity index (χ3v) is 3.22. The Balaban J connectivity index is 1.74.